The number of halogens is 1. The number of anilines is 5. The second-order valence-electron chi connectivity index (χ2n) is 10.4. The lowest BCUT2D eigenvalue weighted by atomic mass is 10.2. The molecule has 0 unspecified atom stereocenters. The summed E-state index contributed by atoms with van der Waals surface area (Å²) in [5.41, 5.74) is 2.65. The van der Waals surface area contributed by atoms with Gasteiger partial charge in [0.25, 0.3) is 11.8 Å². The van der Waals surface area contributed by atoms with Crippen molar-refractivity contribution in [2.45, 2.75) is 0 Å². The van der Waals surface area contributed by atoms with Crippen molar-refractivity contribution in [2.75, 3.05) is 92.9 Å². The summed E-state index contributed by atoms with van der Waals surface area (Å²) in [6.07, 6.45) is 0. The highest BCUT2D eigenvalue weighted by molar-refractivity contribution is 14.1. The normalized spacial score (nSPS) is 10.7. The number of carbonyl (C=O) groups is 2. The Morgan fingerprint density at radius 3 is 1.48 bits per heavy atom. The molecular weight excluding hydrogens is 755 g/mol. The minimum Gasteiger partial charge on any atom is -0.378 e. The van der Waals surface area contributed by atoms with E-state index < -0.39 is 0 Å². The van der Waals surface area contributed by atoms with Crippen molar-refractivity contribution in [3.05, 3.63) is 96.1 Å². The molecular formula is C35H43IN8O6. The van der Waals surface area contributed by atoms with E-state index in [2.05, 4.69) is 64.1 Å². The smallest absolute Gasteiger partial charge is 0.251 e. The van der Waals surface area contributed by atoms with Gasteiger partial charge in [-0.25, -0.2) is 0 Å². The Balaban J connectivity index is 1.19. The number of nitrogens with zero attached hydrogens (tertiary/aromatic N) is 3. The molecule has 0 spiro atoms. The van der Waals surface area contributed by atoms with Gasteiger partial charge in [0.15, 0.2) is 0 Å². The van der Waals surface area contributed by atoms with Gasteiger partial charge < -0.3 is 45.5 Å². The maximum absolute atomic E-state index is 12.6. The van der Waals surface area contributed by atoms with E-state index in [1.165, 1.54) is 0 Å². The van der Waals surface area contributed by atoms with Gasteiger partial charge in [-0.1, -0.05) is 59.0 Å². The molecule has 0 saturated carbocycles. The van der Waals surface area contributed by atoms with Crippen LogP contribution in [-0.4, -0.2) is 104 Å². The summed E-state index contributed by atoms with van der Waals surface area (Å²) >= 11 is 2.26. The molecule has 1 aromatic heterocycles. The molecule has 4 aromatic rings. The Morgan fingerprint density at radius 1 is 0.500 bits per heavy atom. The molecule has 3 aromatic carbocycles. The second kappa shape index (κ2) is 23.1. The van der Waals surface area contributed by atoms with E-state index in [9.17, 15) is 9.59 Å². The van der Waals surface area contributed by atoms with Crippen molar-refractivity contribution in [2.24, 2.45) is 0 Å². The third-order valence-corrected chi connectivity index (χ3v) is 7.10. The largest absolute Gasteiger partial charge is 0.378 e. The SMILES string of the molecule is O=C(NCCOCCOCCI)c1ccc(Nc2nc(NCCOCCOCCNC(=O)c3ccccc3)nc(Nc3ccccc3)n2)cc1. The topological polar surface area (TPSA) is 170 Å². The summed E-state index contributed by atoms with van der Waals surface area (Å²) in [5.74, 6) is 0.689. The summed E-state index contributed by atoms with van der Waals surface area (Å²) in [4.78, 5) is 38.1. The lowest BCUT2D eigenvalue weighted by molar-refractivity contribution is 0.0519. The van der Waals surface area contributed by atoms with E-state index in [-0.39, 0.29) is 11.8 Å². The fraction of sp³-hybridized carbons (Fsp3) is 0.343. The van der Waals surface area contributed by atoms with Gasteiger partial charge in [-0.15, -0.1) is 0 Å². The summed E-state index contributed by atoms with van der Waals surface area (Å²) in [6, 6.07) is 25.6. The number of benzene rings is 3. The van der Waals surface area contributed by atoms with Crippen LogP contribution in [-0.2, 0) is 18.9 Å². The van der Waals surface area contributed by atoms with Crippen molar-refractivity contribution in [3.63, 3.8) is 0 Å². The Hall–Kier alpha value is -4.42. The van der Waals surface area contributed by atoms with Crippen LogP contribution in [0.15, 0.2) is 84.9 Å². The van der Waals surface area contributed by atoms with Crippen LogP contribution in [0.5, 0.6) is 0 Å². The lowest BCUT2D eigenvalue weighted by Gasteiger charge is -2.12. The first-order valence-electron chi connectivity index (χ1n) is 16.3. The van der Waals surface area contributed by atoms with Crippen LogP contribution in [0.25, 0.3) is 0 Å². The minimum atomic E-state index is -0.191. The van der Waals surface area contributed by atoms with Crippen LogP contribution < -0.4 is 26.6 Å². The molecule has 0 aliphatic carbocycles. The number of ether oxygens (including phenoxy) is 4. The second-order valence-corrected chi connectivity index (χ2v) is 11.5. The third-order valence-electron chi connectivity index (χ3n) is 6.66. The maximum Gasteiger partial charge on any atom is 0.251 e. The maximum atomic E-state index is 12.6. The van der Waals surface area contributed by atoms with E-state index in [4.69, 9.17) is 18.9 Å². The summed E-state index contributed by atoms with van der Waals surface area (Å²) in [5, 5.41) is 15.2. The zero-order valence-electron chi connectivity index (χ0n) is 27.7. The number of hydrogen-bond acceptors (Lipinski definition) is 12. The molecule has 0 radical (unpaired) electrons. The van der Waals surface area contributed by atoms with Crippen molar-refractivity contribution >= 4 is 63.6 Å². The van der Waals surface area contributed by atoms with E-state index in [1.54, 1.807) is 36.4 Å². The van der Waals surface area contributed by atoms with Crippen LogP contribution >= 0.6 is 22.6 Å². The number of aromatic nitrogens is 3. The predicted molar refractivity (Wildman–Crippen MR) is 201 cm³/mol. The number of carbonyl (C=O) groups excluding carboxylic acids is 2. The van der Waals surface area contributed by atoms with Gasteiger partial charge in [-0.05, 0) is 48.5 Å². The summed E-state index contributed by atoms with van der Waals surface area (Å²) in [7, 11) is 0. The monoisotopic (exact) mass is 798 g/mol. The van der Waals surface area contributed by atoms with Crippen LogP contribution in [0.1, 0.15) is 20.7 Å². The fourth-order valence-corrected chi connectivity index (χ4v) is 4.56. The molecule has 14 nitrogen and oxygen atoms in total. The van der Waals surface area contributed by atoms with Crippen LogP contribution in [0.4, 0.5) is 29.2 Å². The Morgan fingerprint density at radius 2 is 0.940 bits per heavy atom. The number of alkyl halides is 1. The van der Waals surface area contributed by atoms with Crippen LogP contribution in [0.3, 0.4) is 0 Å². The average Bonchev–Trinajstić information content (AvgIpc) is 3.14. The van der Waals surface area contributed by atoms with E-state index >= 15 is 0 Å². The molecule has 2 amide bonds. The van der Waals surface area contributed by atoms with Gasteiger partial charge in [-0.2, -0.15) is 15.0 Å². The molecule has 1 heterocycles. The molecule has 0 aliphatic rings. The van der Waals surface area contributed by atoms with Crippen molar-refractivity contribution in [3.8, 4) is 0 Å². The molecule has 50 heavy (non-hydrogen) atoms. The first-order chi connectivity index (χ1) is 24.6. The van der Waals surface area contributed by atoms with E-state index in [0.717, 1.165) is 10.1 Å². The van der Waals surface area contributed by atoms with Gasteiger partial charge >= 0.3 is 0 Å². The first-order valence-corrected chi connectivity index (χ1v) is 17.8. The van der Waals surface area contributed by atoms with Gasteiger partial charge in [-0.3, -0.25) is 9.59 Å². The zero-order valence-corrected chi connectivity index (χ0v) is 29.9. The van der Waals surface area contributed by atoms with Gasteiger partial charge in [0.05, 0.1) is 52.9 Å². The molecule has 0 fully saturated rings. The molecule has 4 rings (SSSR count). The highest BCUT2D eigenvalue weighted by Crippen LogP contribution is 2.19. The Bertz CT molecular complexity index is 1550. The van der Waals surface area contributed by atoms with Gasteiger partial charge in [0, 0.05) is 46.6 Å². The molecule has 0 bridgehead atoms. The predicted octanol–water partition coefficient (Wildman–Crippen LogP) is 4.43. The number of nitrogens with one attached hydrogen (secondary N) is 5. The van der Waals surface area contributed by atoms with Crippen molar-refractivity contribution in [1.82, 2.24) is 25.6 Å². The fourth-order valence-electron chi connectivity index (χ4n) is 4.25. The molecule has 0 saturated heterocycles. The quantitative estimate of drug-likeness (QED) is 0.0385. The number of rotatable bonds is 24. The number of amides is 2. The average molecular weight is 799 g/mol. The minimum absolute atomic E-state index is 0.130. The van der Waals surface area contributed by atoms with Crippen LogP contribution in [0, 0.1) is 0 Å². The summed E-state index contributed by atoms with van der Waals surface area (Å²) in [6.45, 7) is 4.99. The van der Waals surface area contributed by atoms with Crippen molar-refractivity contribution in [1.29, 1.82) is 0 Å². The van der Waals surface area contributed by atoms with E-state index in [1.807, 2.05) is 48.5 Å². The number of hydrogen-bond donors (Lipinski definition) is 5. The summed E-state index contributed by atoms with van der Waals surface area (Å²) < 4.78 is 23.0. The highest BCUT2D eigenvalue weighted by Gasteiger charge is 2.10. The van der Waals surface area contributed by atoms with Crippen molar-refractivity contribution < 1.29 is 28.5 Å². The number of para-hydroxylation sites is 1. The molecule has 5 N–H and O–H groups in total. The zero-order chi connectivity index (χ0) is 35.1. The van der Waals surface area contributed by atoms with Crippen LogP contribution in [0.2, 0.25) is 0 Å². The molecule has 0 atom stereocenters. The Labute approximate surface area is 305 Å². The molecule has 266 valence electrons. The third kappa shape index (κ3) is 15.0. The highest BCUT2D eigenvalue weighted by atomic mass is 127. The molecule has 15 heteroatoms. The Kier molecular flexibility index (Phi) is 17.7. The van der Waals surface area contributed by atoms with Gasteiger partial charge in [0.1, 0.15) is 0 Å². The molecule has 0 aliphatic heterocycles. The van der Waals surface area contributed by atoms with E-state index in [0.29, 0.717) is 107 Å². The standard InChI is InChI=1S/C35H43IN8O6/c36-15-19-47-23-24-48-21-17-38-32(46)28-11-13-30(14-12-28)41-35-43-33(42-34(44-35)40-29-9-5-2-6-10-29)39-18-22-50-26-25-49-20-16-37-31(45)27-7-3-1-4-8-27/h1-14H,15-26H2,(H,37,45)(H,38,46)(H3,39,40,41,42,43,44). The first kappa shape index (κ1) is 38.4. The lowest BCUT2D eigenvalue weighted by Crippen LogP contribution is -2.27. The van der Waals surface area contributed by atoms with Gasteiger partial charge in [0.2, 0.25) is 17.8 Å².